The van der Waals surface area contributed by atoms with Gasteiger partial charge in [-0.2, -0.15) is 0 Å². The summed E-state index contributed by atoms with van der Waals surface area (Å²) in [5.74, 6) is -1.25. The molecule has 0 aliphatic rings. The van der Waals surface area contributed by atoms with Gasteiger partial charge in [0.05, 0.1) is 10.9 Å². The van der Waals surface area contributed by atoms with Crippen molar-refractivity contribution in [3.05, 3.63) is 66.0 Å². The molecule has 3 aromatic rings. The topological polar surface area (TPSA) is 59.8 Å². The molecular formula is C18H16F2N4OS. The Morgan fingerprint density at radius 2 is 1.88 bits per heavy atom. The third-order valence-electron chi connectivity index (χ3n) is 3.65. The molecule has 134 valence electrons. The summed E-state index contributed by atoms with van der Waals surface area (Å²) in [6.45, 7) is 3.50. The van der Waals surface area contributed by atoms with Crippen molar-refractivity contribution in [3.63, 3.8) is 0 Å². The number of halogens is 2. The Kier molecular flexibility index (Phi) is 5.32. The van der Waals surface area contributed by atoms with E-state index < -0.39 is 22.8 Å². The standard InChI is InChI=1S/C18H16F2N4OS/c1-11(17(25)21-16-9-8-13(19)10-15(16)20)26-18-23-22-12(2)24(18)14-6-4-3-5-7-14/h3-11H,1-2H3,(H,21,25)/t11-/m1/s1. The van der Waals surface area contributed by atoms with E-state index in [1.807, 2.05) is 41.8 Å². The number of aryl methyl sites for hydroxylation is 1. The fraction of sp³-hybridized carbons (Fsp3) is 0.167. The van der Waals surface area contributed by atoms with Crippen molar-refractivity contribution in [2.75, 3.05) is 5.32 Å². The maximum atomic E-state index is 13.7. The number of thioether (sulfide) groups is 1. The molecule has 0 aliphatic heterocycles. The number of carbonyl (C=O) groups is 1. The molecule has 0 spiro atoms. The molecule has 26 heavy (non-hydrogen) atoms. The van der Waals surface area contributed by atoms with E-state index in [0.29, 0.717) is 11.0 Å². The van der Waals surface area contributed by atoms with Gasteiger partial charge in [-0.05, 0) is 38.1 Å². The van der Waals surface area contributed by atoms with Crippen LogP contribution >= 0.6 is 11.8 Å². The lowest BCUT2D eigenvalue weighted by Gasteiger charge is -2.13. The molecular weight excluding hydrogens is 358 g/mol. The first-order valence-corrected chi connectivity index (χ1v) is 8.73. The van der Waals surface area contributed by atoms with Crippen LogP contribution in [0.4, 0.5) is 14.5 Å². The number of nitrogens with zero attached hydrogens (tertiary/aromatic N) is 3. The van der Waals surface area contributed by atoms with Gasteiger partial charge in [-0.15, -0.1) is 10.2 Å². The molecule has 1 amide bonds. The number of para-hydroxylation sites is 1. The van der Waals surface area contributed by atoms with E-state index in [9.17, 15) is 13.6 Å². The van der Waals surface area contributed by atoms with Crippen LogP contribution in [-0.2, 0) is 4.79 Å². The van der Waals surface area contributed by atoms with E-state index in [0.717, 1.165) is 17.8 Å². The van der Waals surface area contributed by atoms with Crippen LogP contribution in [0.5, 0.6) is 0 Å². The highest BCUT2D eigenvalue weighted by Gasteiger charge is 2.21. The van der Waals surface area contributed by atoms with Gasteiger partial charge in [0.1, 0.15) is 17.5 Å². The van der Waals surface area contributed by atoms with Crippen LogP contribution < -0.4 is 5.32 Å². The molecule has 0 saturated carbocycles. The van der Waals surface area contributed by atoms with Gasteiger partial charge in [-0.3, -0.25) is 9.36 Å². The van der Waals surface area contributed by atoms with E-state index in [2.05, 4.69) is 15.5 Å². The highest BCUT2D eigenvalue weighted by Crippen LogP contribution is 2.26. The van der Waals surface area contributed by atoms with Crippen LogP contribution in [0.3, 0.4) is 0 Å². The summed E-state index contributed by atoms with van der Waals surface area (Å²) >= 11 is 1.20. The lowest BCUT2D eigenvalue weighted by atomic mass is 10.3. The van der Waals surface area contributed by atoms with Gasteiger partial charge < -0.3 is 5.32 Å². The summed E-state index contributed by atoms with van der Waals surface area (Å²) in [5, 5.41) is 10.6. The number of carbonyl (C=O) groups excluding carboxylic acids is 1. The number of benzene rings is 2. The predicted molar refractivity (Wildman–Crippen MR) is 96.4 cm³/mol. The van der Waals surface area contributed by atoms with Crippen LogP contribution in [-0.4, -0.2) is 25.9 Å². The van der Waals surface area contributed by atoms with Gasteiger partial charge in [0, 0.05) is 11.8 Å². The highest BCUT2D eigenvalue weighted by molar-refractivity contribution is 8.00. The second-order valence-electron chi connectivity index (χ2n) is 5.57. The SMILES string of the molecule is Cc1nnc(S[C@H](C)C(=O)Nc2ccc(F)cc2F)n1-c1ccccc1. The fourth-order valence-corrected chi connectivity index (χ4v) is 3.24. The van der Waals surface area contributed by atoms with Crippen molar-refractivity contribution < 1.29 is 13.6 Å². The summed E-state index contributed by atoms with van der Waals surface area (Å²) in [7, 11) is 0. The summed E-state index contributed by atoms with van der Waals surface area (Å²) in [4.78, 5) is 12.4. The van der Waals surface area contributed by atoms with E-state index >= 15 is 0 Å². The Morgan fingerprint density at radius 3 is 2.58 bits per heavy atom. The smallest absolute Gasteiger partial charge is 0.237 e. The molecule has 0 aliphatic carbocycles. The molecule has 0 radical (unpaired) electrons. The number of anilines is 1. The van der Waals surface area contributed by atoms with E-state index in [1.54, 1.807) is 6.92 Å². The first kappa shape index (κ1) is 18.1. The van der Waals surface area contributed by atoms with Gasteiger partial charge in [-0.1, -0.05) is 30.0 Å². The van der Waals surface area contributed by atoms with Crippen molar-refractivity contribution in [2.45, 2.75) is 24.3 Å². The summed E-state index contributed by atoms with van der Waals surface area (Å²) in [6, 6.07) is 12.5. The minimum atomic E-state index is -0.821. The van der Waals surface area contributed by atoms with Crippen molar-refractivity contribution in [3.8, 4) is 5.69 Å². The maximum absolute atomic E-state index is 13.7. The van der Waals surface area contributed by atoms with Gasteiger partial charge in [0.25, 0.3) is 0 Å². The lowest BCUT2D eigenvalue weighted by molar-refractivity contribution is -0.115. The van der Waals surface area contributed by atoms with Crippen molar-refractivity contribution >= 4 is 23.4 Å². The van der Waals surface area contributed by atoms with Crippen molar-refractivity contribution in [2.24, 2.45) is 0 Å². The van der Waals surface area contributed by atoms with Crippen LogP contribution in [0.1, 0.15) is 12.7 Å². The minimum absolute atomic E-state index is 0.0652. The number of aromatic nitrogens is 3. The molecule has 8 heteroatoms. The molecule has 2 aromatic carbocycles. The van der Waals surface area contributed by atoms with Crippen molar-refractivity contribution in [1.82, 2.24) is 14.8 Å². The molecule has 0 bridgehead atoms. The summed E-state index contributed by atoms with van der Waals surface area (Å²) in [5.41, 5.74) is 0.819. The van der Waals surface area contributed by atoms with Crippen LogP contribution in [0.2, 0.25) is 0 Å². The molecule has 3 rings (SSSR count). The molecule has 5 nitrogen and oxygen atoms in total. The Labute approximate surface area is 153 Å². The number of hydrogen-bond acceptors (Lipinski definition) is 4. The highest BCUT2D eigenvalue weighted by atomic mass is 32.2. The molecule has 1 aromatic heterocycles. The zero-order chi connectivity index (χ0) is 18.7. The fourth-order valence-electron chi connectivity index (χ4n) is 2.33. The normalized spacial score (nSPS) is 12.0. The number of amides is 1. The zero-order valence-corrected chi connectivity index (χ0v) is 14.9. The average molecular weight is 374 g/mol. The summed E-state index contributed by atoms with van der Waals surface area (Å²) < 4.78 is 28.5. The molecule has 1 heterocycles. The molecule has 0 saturated heterocycles. The Balaban J connectivity index is 1.76. The van der Waals surface area contributed by atoms with Gasteiger partial charge in [0.15, 0.2) is 5.16 Å². The maximum Gasteiger partial charge on any atom is 0.237 e. The van der Waals surface area contributed by atoms with Crippen LogP contribution in [0.15, 0.2) is 53.7 Å². The first-order valence-electron chi connectivity index (χ1n) is 7.85. The summed E-state index contributed by atoms with van der Waals surface area (Å²) in [6.07, 6.45) is 0. The van der Waals surface area contributed by atoms with Crippen LogP contribution in [0.25, 0.3) is 5.69 Å². The van der Waals surface area contributed by atoms with Crippen molar-refractivity contribution in [1.29, 1.82) is 0 Å². The van der Waals surface area contributed by atoms with E-state index in [1.165, 1.54) is 17.8 Å². The van der Waals surface area contributed by atoms with E-state index in [-0.39, 0.29) is 5.69 Å². The molecule has 1 N–H and O–H groups in total. The Hall–Kier alpha value is -2.74. The second-order valence-corrected chi connectivity index (χ2v) is 6.88. The number of hydrogen-bond donors (Lipinski definition) is 1. The molecule has 0 fully saturated rings. The number of rotatable bonds is 5. The quantitative estimate of drug-likeness (QED) is 0.687. The van der Waals surface area contributed by atoms with Gasteiger partial charge in [0.2, 0.25) is 5.91 Å². The second kappa shape index (κ2) is 7.65. The predicted octanol–water partition coefficient (Wildman–Crippen LogP) is 3.97. The van der Waals surface area contributed by atoms with Crippen LogP contribution in [0, 0.1) is 18.6 Å². The van der Waals surface area contributed by atoms with Gasteiger partial charge >= 0.3 is 0 Å². The largest absolute Gasteiger partial charge is 0.323 e. The number of nitrogens with one attached hydrogen (secondary N) is 1. The van der Waals surface area contributed by atoms with E-state index in [4.69, 9.17) is 0 Å². The molecule has 1 atom stereocenters. The monoisotopic (exact) mass is 374 g/mol. The minimum Gasteiger partial charge on any atom is -0.323 e. The Bertz CT molecular complexity index is 930. The average Bonchev–Trinajstić information content (AvgIpc) is 2.98. The lowest BCUT2D eigenvalue weighted by Crippen LogP contribution is -2.23. The Morgan fingerprint density at radius 1 is 1.15 bits per heavy atom. The zero-order valence-electron chi connectivity index (χ0n) is 14.1. The van der Waals surface area contributed by atoms with Gasteiger partial charge in [-0.25, -0.2) is 8.78 Å². The third kappa shape index (κ3) is 3.91. The molecule has 0 unspecified atom stereocenters. The third-order valence-corrected chi connectivity index (χ3v) is 4.69. The first-order chi connectivity index (χ1) is 12.5.